The van der Waals surface area contributed by atoms with E-state index in [0.717, 1.165) is 36.2 Å². The SMILES string of the molecule is CCCN(CC1CCCN1)C(=O)c1cc(Br)cn1C1CC1. The van der Waals surface area contributed by atoms with Crippen molar-refractivity contribution in [3.8, 4) is 0 Å². The number of hydrogen-bond donors (Lipinski definition) is 1. The lowest BCUT2D eigenvalue weighted by atomic mass is 10.2. The minimum Gasteiger partial charge on any atom is -0.339 e. The fourth-order valence-corrected chi connectivity index (χ4v) is 3.60. The Morgan fingerprint density at radius 1 is 1.48 bits per heavy atom. The first kappa shape index (κ1) is 15.1. The van der Waals surface area contributed by atoms with Crippen LogP contribution in [-0.2, 0) is 0 Å². The summed E-state index contributed by atoms with van der Waals surface area (Å²) in [6.07, 6.45) is 7.86. The zero-order valence-electron chi connectivity index (χ0n) is 12.6. The Labute approximate surface area is 135 Å². The molecule has 1 saturated heterocycles. The molecule has 0 aromatic carbocycles. The standard InChI is InChI=1S/C16H24BrN3O/c1-2-8-19(11-13-4-3-7-18-13)16(21)15-9-12(17)10-20(15)14-5-6-14/h9-10,13-14,18H,2-8,11H2,1H3. The lowest BCUT2D eigenvalue weighted by molar-refractivity contribution is 0.0730. The maximum atomic E-state index is 12.9. The molecule has 2 heterocycles. The molecule has 3 rings (SSSR count). The van der Waals surface area contributed by atoms with Gasteiger partial charge >= 0.3 is 0 Å². The predicted molar refractivity (Wildman–Crippen MR) is 87.6 cm³/mol. The molecule has 1 aromatic rings. The molecular formula is C16H24BrN3O. The van der Waals surface area contributed by atoms with Gasteiger partial charge in [-0.15, -0.1) is 0 Å². The van der Waals surface area contributed by atoms with Crippen LogP contribution in [-0.4, -0.2) is 41.1 Å². The molecule has 5 heteroatoms. The first-order valence-corrected chi connectivity index (χ1v) is 8.88. The highest BCUT2D eigenvalue weighted by atomic mass is 79.9. The maximum absolute atomic E-state index is 12.9. The van der Waals surface area contributed by atoms with Crippen LogP contribution in [0.5, 0.6) is 0 Å². The van der Waals surface area contributed by atoms with E-state index >= 15 is 0 Å². The molecule has 1 aliphatic heterocycles. The zero-order valence-corrected chi connectivity index (χ0v) is 14.2. The largest absolute Gasteiger partial charge is 0.339 e. The van der Waals surface area contributed by atoms with Crippen molar-refractivity contribution in [1.29, 1.82) is 0 Å². The van der Waals surface area contributed by atoms with Crippen molar-refractivity contribution in [2.75, 3.05) is 19.6 Å². The van der Waals surface area contributed by atoms with Crippen LogP contribution in [0.1, 0.15) is 55.6 Å². The van der Waals surface area contributed by atoms with Crippen LogP contribution in [0.15, 0.2) is 16.7 Å². The second kappa shape index (κ2) is 6.53. The highest BCUT2D eigenvalue weighted by Gasteiger charge is 2.30. The summed E-state index contributed by atoms with van der Waals surface area (Å²) in [7, 11) is 0. The van der Waals surface area contributed by atoms with Gasteiger partial charge in [-0.2, -0.15) is 0 Å². The van der Waals surface area contributed by atoms with Crippen molar-refractivity contribution < 1.29 is 4.79 Å². The molecule has 2 fully saturated rings. The summed E-state index contributed by atoms with van der Waals surface area (Å²) < 4.78 is 3.17. The molecule has 1 N–H and O–H groups in total. The van der Waals surface area contributed by atoms with Gasteiger partial charge < -0.3 is 14.8 Å². The average Bonchev–Trinajstić information content (AvgIpc) is 3.04. The van der Waals surface area contributed by atoms with E-state index in [9.17, 15) is 4.79 Å². The summed E-state index contributed by atoms with van der Waals surface area (Å²) >= 11 is 3.52. The van der Waals surface area contributed by atoms with Crippen molar-refractivity contribution in [2.45, 2.75) is 51.1 Å². The number of halogens is 1. The smallest absolute Gasteiger partial charge is 0.270 e. The van der Waals surface area contributed by atoms with E-state index < -0.39 is 0 Å². The van der Waals surface area contributed by atoms with Crippen molar-refractivity contribution in [1.82, 2.24) is 14.8 Å². The summed E-state index contributed by atoms with van der Waals surface area (Å²) in [6.45, 7) is 4.89. The van der Waals surface area contributed by atoms with E-state index in [4.69, 9.17) is 0 Å². The van der Waals surface area contributed by atoms with Gasteiger partial charge in [-0.3, -0.25) is 4.79 Å². The number of rotatable bonds is 6. The lowest BCUT2D eigenvalue weighted by Crippen LogP contribution is -2.42. The Hall–Kier alpha value is -0.810. The van der Waals surface area contributed by atoms with Gasteiger partial charge in [0.05, 0.1) is 0 Å². The number of amides is 1. The first-order chi connectivity index (χ1) is 10.2. The van der Waals surface area contributed by atoms with Gasteiger partial charge in [-0.25, -0.2) is 0 Å². The Bertz CT molecular complexity index is 504. The monoisotopic (exact) mass is 353 g/mol. The Morgan fingerprint density at radius 2 is 2.29 bits per heavy atom. The number of nitrogens with one attached hydrogen (secondary N) is 1. The van der Waals surface area contributed by atoms with Gasteiger partial charge in [0.15, 0.2) is 0 Å². The molecule has 1 atom stereocenters. The minimum absolute atomic E-state index is 0.183. The topological polar surface area (TPSA) is 37.3 Å². The molecule has 0 radical (unpaired) electrons. The van der Waals surface area contributed by atoms with E-state index in [0.29, 0.717) is 12.1 Å². The Kier molecular flexibility index (Phi) is 4.69. The van der Waals surface area contributed by atoms with Crippen LogP contribution in [0.25, 0.3) is 0 Å². The Morgan fingerprint density at radius 3 is 2.90 bits per heavy atom. The van der Waals surface area contributed by atoms with E-state index in [2.05, 4.69) is 38.9 Å². The van der Waals surface area contributed by atoms with Crippen LogP contribution in [0, 0.1) is 0 Å². The molecule has 116 valence electrons. The van der Waals surface area contributed by atoms with Crippen LogP contribution >= 0.6 is 15.9 Å². The minimum atomic E-state index is 0.183. The van der Waals surface area contributed by atoms with E-state index in [-0.39, 0.29) is 5.91 Å². The van der Waals surface area contributed by atoms with Crippen molar-refractivity contribution in [3.63, 3.8) is 0 Å². The highest BCUT2D eigenvalue weighted by molar-refractivity contribution is 9.10. The van der Waals surface area contributed by atoms with E-state index in [1.165, 1.54) is 25.7 Å². The fourth-order valence-electron chi connectivity index (χ4n) is 3.16. The molecule has 1 saturated carbocycles. The molecule has 1 unspecified atom stereocenters. The molecule has 1 aliphatic carbocycles. The molecular weight excluding hydrogens is 330 g/mol. The molecule has 4 nitrogen and oxygen atoms in total. The summed E-state index contributed by atoms with van der Waals surface area (Å²) in [6, 6.07) is 2.97. The van der Waals surface area contributed by atoms with Crippen molar-refractivity contribution in [2.24, 2.45) is 0 Å². The highest BCUT2D eigenvalue weighted by Crippen LogP contribution is 2.37. The number of carbonyl (C=O) groups is 1. The third kappa shape index (κ3) is 3.51. The van der Waals surface area contributed by atoms with Crippen molar-refractivity contribution in [3.05, 3.63) is 22.4 Å². The molecule has 2 aliphatic rings. The van der Waals surface area contributed by atoms with E-state index in [1.54, 1.807) is 0 Å². The summed E-state index contributed by atoms with van der Waals surface area (Å²) in [5, 5.41) is 3.50. The molecule has 1 aromatic heterocycles. The predicted octanol–water partition coefficient (Wildman–Crippen LogP) is 3.19. The fraction of sp³-hybridized carbons (Fsp3) is 0.688. The second-order valence-corrected chi connectivity index (χ2v) is 7.14. The van der Waals surface area contributed by atoms with Crippen LogP contribution in [0.2, 0.25) is 0 Å². The number of hydrogen-bond acceptors (Lipinski definition) is 2. The summed E-state index contributed by atoms with van der Waals surface area (Å²) in [5.41, 5.74) is 0.843. The molecule has 0 spiro atoms. The van der Waals surface area contributed by atoms with Gasteiger partial charge in [-0.05, 0) is 60.6 Å². The first-order valence-electron chi connectivity index (χ1n) is 8.09. The van der Waals surface area contributed by atoms with Crippen LogP contribution in [0.4, 0.5) is 0 Å². The zero-order chi connectivity index (χ0) is 14.8. The van der Waals surface area contributed by atoms with Gasteiger partial charge in [-0.1, -0.05) is 6.92 Å². The third-order valence-corrected chi connectivity index (χ3v) is 4.79. The van der Waals surface area contributed by atoms with Crippen molar-refractivity contribution >= 4 is 21.8 Å². The molecule has 21 heavy (non-hydrogen) atoms. The van der Waals surface area contributed by atoms with Gasteiger partial charge in [0.1, 0.15) is 5.69 Å². The van der Waals surface area contributed by atoms with Crippen LogP contribution < -0.4 is 5.32 Å². The number of carbonyl (C=O) groups excluding carboxylic acids is 1. The normalized spacial score (nSPS) is 21.7. The number of nitrogens with zero attached hydrogens (tertiary/aromatic N) is 2. The maximum Gasteiger partial charge on any atom is 0.270 e. The molecule has 0 bridgehead atoms. The van der Waals surface area contributed by atoms with Crippen LogP contribution in [0.3, 0.4) is 0 Å². The van der Waals surface area contributed by atoms with Gasteiger partial charge in [0.25, 0.3) is 5.91 Å². The summed E-state index contributed by atoms with van der Waals surface area (Å²) in [5.74, 6) is 0.183. The third-order valence-electron chi connectivity index (χ3n) is 4.36. The summed E-state index contributed by atoms with van der Waals surface area (Å²) in [4.78, 5) is 15.0. The number of aromatic nitrogens is 1. The second-order valence-electron chi connectivity index (χ2n) is 6.23. The lowest BCUT2D eigenvalue weighted by Gasteiger charge is -2.26. The van der Waals surface area contributed by atoms with E-state index in [1.807, 2.05) is 11.0 Å². The molecule has 1 amide bonds. The quantitative estimate of drug-likeness (QED) is 0.852. The Balaban J connectivity index is 1.76. The average molecular weight is 354 g/mol. The van der Waals surface area contributed by atoms with Gasteiger partial charge in [0, 0.05) is 35.8 Å². The van der Waals surface area contributed by atoms with Gasteiger partial charge in [0.2, 0.25) is 0 Å².